The lowest BCUT2D eigenvalue weighted by molar-refractivity contribution is 0.571. The number of rotatable bonds is 1. The van der Waals surface area contributed by atoms with Crippen LogP contribution in [0.5, 0.6) is 0 Å². The molecule has 0 amide bonds. The zero-order chi connectivity index (χ0) is 6.15. The van der Waals surface area contributed by atoms with Crippen LogP contribution in [0.15, 0.2) is 0 Å². The normalized spacial score (nSPS) is 18.0. The molecule has 6 heteroatoms. The van der Waals surface area contributed by atoms with Gasteiger partial charge < -0.3 is 0 Å². The molecule has 0 aromatic rings. The Hall–Kier alpha value is 0.590. The van der Waals surface area contributed by atoms with Gasteiger partial charge >= 0.3 is 0 Å². The summed E-state index contributed by atoms with van der Waals surface area (Å²) in [5, 5.41) is -1.31. The van der Waals surface area contributed by atoms with E-state index in [1.165, 1.54) is 0 Å². The molecule has 0 saturated heterocycles. The topological polar surface area (TPSA) is 17.1 Å². The first kappa shape index (κ1) is 7.59. The SMILES string of the molecule is O=S(F)(F)(Cl)CCl. The summed E-state index contributed by atoms with van der Waals surface area (Å²) in [6, 6.07) is 0. The third-order valence-electron chi connectivity index (χ3n) is 0.168. The van der Waals surface area contributed by atoms with Gasteiger partial charge in [0, 0.05) is 10.7 Å². The number of halogens is 4. The maximum absolute atomic E-state index is 11.3. The molecule has 0 rings (SSSR count). The third kappa shape index (κ3) is 6.59. The second-order valence-corrected chi connectivity index (χ2v) is 5.14. The van der Waals surface area contributed by atoms with Gasteiger partial charge in [-0.15, -0.1) is 19.4 Å². The Labute approximate surface area is 49.1 Å². The maximum atomic E-state index is 11.3. The van der Waals surface area contributed by atoms with Gasteiger partial charge in [-0.1, -0.05) is 0 Å². The van der Waals surface area contributed by atoms with Gasteiger partial charge in [-0.2, -0.15) is 0 Å². The first-order valence-corrected chi connectivity index (χ1v) is 4.48. The molecule has 0 aromatic heterocycles. The van der Waals surface area contributed by atoms with E-state index in [-0.39, 0.29) is 0 Å². The summed E-state index contributed by atoms with van der Waals surface area (Å²) in [6.07, 6.45) is 0. The quantitative estimate of drug-likeness (QED) is 0.435. The Morgan fingerprint density at radius 2 is 1.71 bits per heavy atom. The summed E-state index contributed by atoms with van der Waals surface area (Å²) in [6.45, 7) is 0. The van der Waals surface area contributed by atoms with Gasteiger partial charge in [-0.25, -0.2) is 4.21 Å². The molecule has 0 aromatic carbocycles. The van der Waals surface area contributed by atoms with E-state index in [1.54, 1.807) is 0 Å². The van der Waals surface area contributed by atoms with E-state index in [1.807, 2.05) is 0 Å². The minimum absolute atomic E-state index is 1.31. The molecule has 0 N–H and O–H groups in total. The van der Waals surface area contributed by atoms with Gasteiger partial charge in [0.05, 0.1) is 0 Å². The fourth-order valence-electron chi connectivity index (χ4n) is 0. The standard InChI is InChI=1S/CH2Cl2F2OS/c2-1-7(3,4,5)6/h1H2. The van der Waals surface area contributed by atoms with Crippen LogP contribution in [0.25, 0.3) is 0 Å². The summed E-state index contributed by atoms with van der Waals surface area (Å²) in [7, 11) is -1.82. The van der Waals surface area contributed by atoms with Crippen molar-refractivity contribution in [1.29, 1.82) is 0 Å². The molecule has 0 aliphatic heterocycles. The maximum Gasteiger partial charge on any atom is 0.245 e. The molecule has 0 saturated carbocycles. The van der Waals surface area contributed by atoms with Crippen molar-refractivity contribution in [2.45, 2.75) is 0 Å². The van der Waals surface area contributed by atoms with E-state index in [4.69, 9.17) is 0 Å². The summed E-state index contributed by atoms with van der Waals surface area (Å²) < 4.78 is 32.1. The molecular weight excluding hydrogens is 169 g/mol. The van der Waals surface area contributed by atoms with Crippen LogP contribution < -0.4 is 0 Å². The first-order valence-electron chi connectivity index (χ1n) is 1.19. The molecule has 0 unspecified atom stereocenters. The highest BCUT2D eigenvalue weighted by Gasteiger charge is 2.30. The van der Waals surface area contributed by atoms with Gasteiger partial charge in [-0.3, -0.25) is 0 Å². The lowest BCUT2D eigenvalue weighted by Gasteiger charge is -2.09. The van der Waals surface area contributed by atoms with Gasteiger partial charge in [0.25, 0.3) is 0 Å². The van der Waals surface area contributed by atoms with Crippen molar-refractivity contribution in [1.82, 2.24) is 0 Å². The average Bonchev–Trinajstić information content (AvgIpc) is 1.32. The van der Waals surface area contributed by atoms with Crippen LogP contribution in [0.2, 0.25) is 0 Å². The molecule has 0 aliphatic carbocycles. The van der Waals surface area contributed by atoms with Crippen molar-refractivity contribution < 1.29 is 12.0 Å². The summed E-state index contributed by atoms with van der Waals surface area (Å²) in [4.78, 5) is 0. The third-order valence-corrected chi connectivity index (χ3v) is 2.26. The van der Waals surface area contributed by atoms with Crippen LogP contribution in [0.1, 0.15) is 0 Å². The molecule has 0 fully saturated rings. The van der Waals surface area contributed by atoms with Crippen LogP contribution in [-0.2, 0) is 9.05 Å². The monoisotopic (exact) mass is 170 g/mol. The predicted molar refractivity (Wildman–Crippen MR) is 26.9 cm³/mol. The summed E-state index contributed by atoms with van der Waals surface area (Å²) in [5.41, 5.74) is 0. The number of hydrogen-bond acceptors (Lipinski definition) is 1. The van der Waals surface area contributed by atoms with Crippen molar-refractivity contribution in [3.05, 3.63) is 0 Å². The van der Waals surface area contributed by atoms with E-state index in [0.29, 0.717) is 0 Å². The fraction of sp³-hybridized carbons (Fsp3) is 1.00. The Morgan fingerprint density at radius 3 is 1.71 bits per heavy atom. The molecule has 0 aliphatic rings. The van der Waals surface area contributed by atoms with Crippen molar-refractivity contribution in [2.24, 2.45) is 0 Å². The molecule has 7 heavy (non-hydrogen) atoms. The van der Waals surface area contributed by atoms with E-state index >= 15 is 0 Å². The lowest BCUT2D eigenvalue weighted by atomic mass is 11.9. The first-order chi connectivity index (χ1) is 2.81. The van der Waals surface area contributed by atoms with Crippen molar-refractivity contribution in [3.63, 3.8) is 0 Å². The zero-order valence-corrected chi connectivity index (χ0v) is 5.36. The zero-order valence-electron chi connectivity index (χ0n) is 3.04. The second kappa shape index (κ2) is 1.53. The highest BCUT2D eigenvalue weighted by atomic mass is 35.7. The average molecular weight is 171 g/mol. The van der Waals surface area contributed by atoms with Gasteiger partial charge in [0.2, 0.25) is 9.05 Å². The van der Waals surface area contributed by atoms with Crippen molar-refractivity contribution in [3.8, 4) is 0 Å². The lowest BCUT2D eigenvalue weighted by Crippen LogP contribution is -2.09. The molecule has 46 valence electrons. The summed E-state index contributed by atoms with van der Waals surface area (Å²) in [5.74, 6) is 0. The highest BCUT2D eigenvalue weighted by molar-refractivity contribution is 8.31. The van der Waals surface area contributed by atoms with Crippen molar-refractivity contribution in [2.75, 3.05) is 5.21 Å². The Morgan fingerprint density at radius 1 is 1.57 bits per heavy atom. The predicted octanol–water partition coefficient (Wildman–Crippen LogP) is 1.93. The molecule has 0 atom stereocenters. The van der Waals surface area contributed by atoms with E-state index in [2.05, 4.69) is 22.3 Å². The minimum Gasteiger partial charge on any atom is -0.205 e. The van der Waals surface area contributed by atoms with Crippen molar-refractivity contribution >= 4 is 31.3 Å². The molecule has 0 spiro atoms. The summed E-state index contributed by atoms with van der Waals surface area (Å²) >= 11 is 4.47. The molecular formula is CH2Cl2F2OS. The van der Waals surface area contributed by atoms with Gasteiger partial charge in [0.15, 0.2) is 0 Å². The molecule has 0 heterocycles. The molecule has 0 radical (unpaired) electrons. The minimum atomic E-state index is -5.88. The van der Waals surface area contributed by atoms with Crippen LogP contribution >= 0.6 is 22.3 Å². The molecule has 0 bridgehead atoms. The molecule has 1 nitrogen and oxygen atoms in total. The largest absolute Gasteiger partial charge is 0.245 e. The smallest absolute Gasteiger partial charge is 0.205 e. The highest BCUT2D eigenvalue weighted by Crippen LogP contribution is 2.35. The Kier molecular flexibility index (Phi) is 1.66. The van der Waals surface area contributed by atoms with Gasteiger partial charge in [-0.05, 0) is 0 Å². The Balaban J connectivity index is 4.14. The van der Waals surface area contributed by atoms with Crippen LogP contribution in [-0.4, -0.2) is 9.42 Å². The number of hydrogen-bond donors (Lipinski definition) is 0. The van der Waals surface area contributed by atoms with E-state index in [9.17, 15) is 12.0 Å². The van der Waals surface area contributed by atoms with Crippen LogP contribution in [0, 0.1) is 0 Å². The van der Waals surface area contributed by atoms with E-state index in [0.717, 1.165) is 0 Å². The fourth-order valence-corrected chi connectivity index (χ4v) is 0. The number of alkyl halides is 1. The Bertz CT molecular complexity index is 117. The second-order valence-electron chi connectivity index (χ2n) is 0.918. The van der Waals surface area contributed by atoms with Gasteiger partial charge in [0.1, 0.15) is 5.21 Å². The van der Waals surface area contributed by atoms with Crippen LogP contribution in [0.3, 0.4) is 0 Å². The van der Waals surface area contributed by atoms with E-state index < -0.39 is 14.3 Å². The van der Waals surface area contributed by atoms with Crippen LogP contribution in [0.4, 0.5) is 7.77 Å².